The van der Waals surface area contributed by atoms with E-state index in [2.05, 4.69) is 9.98 Å². The summed E-state index contributed by atoms with van der Waals surface area (Å²) in [6, 6.07) is 0. The second-order valence-corrected chi connectivity index (χ2v) is 2.36. The smallest absolute Gasteiger partial charge is 0.211 e. The van der Waals surface area contributed by atoms with Crippen molar-refractivity contribution in [1.29, 1.82) is 0 Å². The number of halogens is 4. The molecular formula is C8F4N2O2. The predicted octanol–water partition coefficient (Wildman–Crippen LogP) is 2.18. The van der Waals surface area contributed by atoms with Gasteiger partial charge in [0, 0.05) is 0 Å². The van der Waals surface area contributed by atoms with E-state index in [4.69, 9.17) is 0 Å². The van der Waals surface area contributed by atoms with Gasteiger partial charge in [-0.3, -0.25) is 0 Å². The van der Waals surface area contributed by atoms with Crippen LogP contribution in [0.25, 0.3) is 0 Å². The largest absolute Gasteiger partial charge is 0.240 e. The standard InChI is InChI=1S/C8F4N2O2/c9-3-4(10)6(12)8(14-2-16)7(5(3)11)13-1-15. The maximum absolute atomic E-state index is 13.0. The summed E-state index contributed by atoms with van der Waals surface area (Å²) < 4.78 is 51.3. The molecule has 0 aliphatic heterocycles. The van der Waals surface area contributed by atoms with E-state index in [0.717, 1.165) is 12.2 Å². The minimum absolute atomic E-state index is 0.787. The molecule has 0 heterocycles. The Labute approximate surface area is 84.9 Å². The average Bonchev–Trinajstić information content (AvgIpc) is 2.28. The number of rotatable bonds is 2. The molecule has 0 fully saturated rings. The first-order valence-corrected chi connectivity index (χ1v) is 3.56. The molecule has 0 saturated carbocycles. The van der Waals surface area contributed by atoms with Gasteiger partial charge in [-0.15, -0.1) is 0 Å². The van der Waals surface area contributed by atoms with Crippen molar-refractivity contribution in [3.05, 3.63) is 23.3 Å². The lowest BCUT2D eigenvalue weighted by molar-refractivity contribution is 0.412. The highest BCUT2D eigenvalue weighted by atomic mass is 19.2. The van der Waals surface area contributed by atoms with Crippen LogP contribution in [0.5, 0.6) is 0 Å². The summed E-state index contributed by atoms with van der Waals surface area (Å²) in [6.07, 6.45) is 1.57. The van der Waals surface area contributed by atoms with Crippen molar-refractivity contribution in [2.45, 2.75) is 0 Å². The Balaban J connectivity index is 3.81. The molecule has 0 N–H and O–H groups in total. The van der Waals surface area contributed by atoms with Crippen molar-refractivity contribution in [2.24, 2.45) is 9.98 Å². The van der Waals surface area contributed by atoms with Crippen LogP contribution in [0, 0.1) is 23.3 Å². The molecule has 16 heavy (non-hydrogen) atoms. The highest BCUT2D eigenvalue weighted by Crippen LogP contribution is 2.36. The van der Waals surface area contributed by atoms with E-state index >= 15 is 0 Å². The fourth-order valence-corrected chi connectivity index (χ4v) is 0.904. The molecule has 0 spiro atoms. The lowest BCUT2D eigenvalue weighted by Crippen LogP contribution is -1.96. The van der Waals surface area contributed by atoms with E-state index in [0.29, 0.717) is 0 Å². The summed E-state index contributed by atoms with van der Waals surface area (Å²) >= 11 is 0. The van der Waals surface area contributed by atoms with Gasteiger partial charge in [-0.05, 0) is 0 Å². The van der Waals surface area contributed by atoms with Gasteiger partial charge in [-0.1, -0.05) is 0 Å². The number of nitrogens with zero attached hydrogens (tertiary/aromatic N) is 2. The maximum Gasteiger partial charge on any atom is 0.240 e. The third-order valence-corrected chi connectivity index (χ3v) is 1.53. The van der Waals surface area contributed by atoms with E-state index in [1.54, 1.807) is 0 Å². The van der Waals surface area contributed by atoms with Gasteiger partial charge in [-0.25, -0.2) is 27.2 Å². The Morgan fingerprint density at radius 3 is 1.25 bits per heavy atom. The number of isocyanates is 2. The second kappa shape index (κ2) is 4.48. The Morgan fingerprint density at radius 1 is 0.688 bits per heavy atom. The fourth-order valence-electron chi connectivity index (χ4n) is 0.904. The Morgan fingerprint density at radius 2 is 1.00 bits per heavy atom. The van der Waals surface area contributed by atoms with Crippen molar-refractivity contribution >= 4 is 23.5 Å². The molecule has 0 unspecified atom stereocenters. The first-order valence-electron chi connectivity index (χ1n) is 3.56. The van der Waals surface area contributed by atoms with Gasteiger partial charge >= 0.3 is 0 Å². The summed E-state index contributed by atoms with van der Waals surface area (Å²) in [5.74, 6) is -8.24. The van der Waals surface area contributed by atoms with E-state index in [1.165, 1.54) is 0 Å². The van der Waals surface area contributed by atoms with Crippen molar-refractivity contribution < 1.29 is 27.2 Å². The first-order chi connectivity index (χ1) is 7.54. The molecule has 0 aliphatic rings. The summed E-state index contributed by atoms with van der Waals surface area (Å²) in [7, 11) is 0. The zero-order valence-electron chi connectivity index (χ0n) is 7.22. The molecule has 8 heteroatoms. The summed E-state index contributed by atoms with van der Waals surface area (Å²) in [4.78, 5) is 24.9. The Kier molecular flexibility index (Phi) is 3.30. The normalized spacial score (nSPS) is 9.25. The van der Waals surface area contributed by atoms with Gasteiger partial charge in [0.25, 0.3) is 0 Å². The molecule has 0 aromatic heterocycles. The van der Waals surface area contributed by atoms with Crippen molar-refractivity contribution in [2.75, 3.05) is 0 Å². The molecule has 1 aromatic rings. The molecule has 4 nitrogen and oxygen atoms in total. The summed E-state index contributed by atoms with van der Waals surface area (Å²) in [6.45, 7) is 0. The van der Waals surface area contributed by atoms with Crippen molar-refractivity contribution in [3.8, 4) is 0 Å². The predicted molar refractivity (Wildman–Crippen MR) is 41.8 cm³/mol. The number of benzene rings is 1. The van der Waals surface area contributed by atoms with Crippen LogP contribution in [0.15, 0.2) is 9.98 Å². The van der Waals surface area contributed by atoms with Gasteiger partial charge in [0.15, 0.2) is 23.3 Å². The molecule has 0 bridgehead atoms. The van der Waals surface area contributed by atoms with E-state index < -0.39 is 34.6 Å². The maximum atomic E-state index is 13.0. The van der Waals surface area contributed by atoms with Crippen LogP contribution < -0.4 is 0 Å². The molecular weight excluding hydrogens is 232 g/mol. The molecule has 0 saturated heterocycles. The van der Waals surface area contributed by atoms with E-state index in [-0.39, 0.29) is 0 Å². The molecule has 0 radical (unpaired) electrons. The lowest BCUT2D eigenvalue weighted by atomic mass is 10.2. The number of aliphatic imine (C=N–C) groups is 2. The summed E-state index contributed by atoms with van der Waals surface area (Å²) in [5, 5.41) is 0. The minimum Gasteiger partial charge on any atom is -0.211 e. The molecule has 0 atom stereocenters. The van der Waals surface area contributed by atoms with Gasteiger partial charge in [0.05, 0.1) is 0 Å². The van der Waals surface area contributed by atoms with Crippen LogP contribution in [0.1, 0.15) is 0 Å². The molecule has 1 aromatic carbocycles. The topological polar surface area (TPSA) is 58.9 Å². The second-order valence-electron chi connectivity index (χ2n) is 2.36. The first kappa shape index (κ1) is 11.8. The Bertz CT molecular complexity index is 497. The molecule has 0 aliphatic carbocycles. The third-order valence-electron chi connectivity index (χ3n) is 1.53. The van der Waals surface area contributed by atoms with E-state index in [9.17, 15) is 27.2 Å². The van der Waals surface area contributed by atoms with Gasteiger partial charge < -0.3 is 0 Å². The monoisotopic (exact) mass is 232 g/mol. The lowest BCUT2D eigenvalue weighted by Gasteiger charge is -2.03. The van der Waals surface area contributed by atoms with Crippen LogP contribution in [-0.4, -0.2) is 12.2 Å². The van der Waals surface area contributed by atoms with Crippen molar-refractivity contribution in [3.63, 3.8) is 0 Å². The van der Waals surface area contributed by atoms with Crippen LogP contribution in [0.3, 0.4) is 0 Å². The third kappa shape index (κ3) is 1.75. The highest BCUT2D eigenvalue weighted by molar-refractivity contribution is 5.69. The number of carbonyl (C=O) groups excluding carboxylic acids is 2. The molecule has 0 amide bonds. The van der Waals surface area contributed by atoms with Crippen LogP contribution >= 0.6 is 0 Å². The van der Waals surface area contributed by atoms with Gasteiger partial charge in [-0.2, -0.15) is 9.98 Å². The fraction of sp³-hybridized carbons (Fsp3) is 0. The van der Waals surface area contributed by atoms with Crippen LogP contribution in [0.4, 0.5) is 28.9 Å². The van der Waals surface area contributed by atoms with Gasteiger partial charge in [0.2, 0.25) is 12.2 Å². The average molecular weight is 232 g/mol. The van der Waals surface area contributed by atoms with Crippen LogP contribution in [0.2, 0.25) is 0 Å². The number of hydrogen-bond donors (Lipinski definition) is 0. The molecule has 1 rings (SSSR count). The Hall–Kier alpha value is -2.30. The van der Waals surface area contributed by atoms with Gasteiger partial charge in [0.1, 0.15) is 11.4 Å². The van der Waals surface area contributed by atoms with Crippen LogP contribution in [-0.2, 0) is 9.59 Å². The highest BCUT2D eigenvalue weighted by Gasteiger charge is 2.25. The number of hydrogen-bond acceptors (Lipinski definition) is 4. The molecule has 82 valence electrons. The zero-order chi connectivity index (χ0) is 12.3. The quantitative estimate of drug-likeness (QED) is 0.258. The van der Waals surface area contributed by atoms with Crippen molar-refractivity contribution in [1.82, 2.24) is 0 Å². The summed E-state index contributed by atoms with van der Waals surface area (Å²) in [5.41, 5.74) is -2.51. The minimum atomic E-state index is -2.17. The SMILES string of the molecule is O=C=Nc1c(F)c(F)c(F)c(F)c1N=C=O. The van der Waals surface area contributed by atoms with E-state index in [1.807, 2.05) is 0 Å². The zero-order valence-corrected chi connectivity index (χ0v) is 7.22.